The number of hydrogen-bond donors (Lipinski definition) is 1. The van der Waals surface area contributed by atoms with E-state index in [0.717, 1.165) is 27.8 Å². The predicted octanol–water partition coefficient (Wildman–Crippen LogP) is 8.64. The third-order valence-electron chi connectivity index (χ3n) is 5.96. The Bertz CT molecular complexity index is 1190. The molecule has 4 aromatic rings. The van der Waals surface area contributed by atoms with Crippen LogP contribution in [0, 0.1) is 0 Å². The van der Waals surface area contributed by atoms with E-state index in [4.69, 9.17) is 0 Å². The maximum Gasteiger partial charge on any atom is 0.131 e. The van der Waals surface area contributed by atoms with E-state index < -0.39 is 0 Å². The average molecular weight is 407 g/mol. The molecular formula is C30H30O. The van der Waals surface area contributed by atoms with Gasteiger partial charge in [-0.1, -0.05) is 107 Å². The average Bonchev–Trinajstić information content (AvgIpc) is 2.80. The molecule has 0 aliphatic rings. The van der Waals surface area contributed by atoms with Crippen molar-refractivity contribution >= 4 is 0 Å². The van der Waals surface area contributed by atoms with Gasteiger partial charge in [-0.05, 0) is 57.3 Å². The summed E-state index contributed by atoms with van der Waals surface area (Å²) >= 11 is 0. The van der Waals surface area contributed by atoms with Crippen LogP contribution in [0.25, 0.3) is 33.4 Å². The fraction of sp³-hybridized carbons (Fsp3) is 0.200. The Morgan fingerprint density at radius 1 is 0.484 bits per heavy atom. The summed E-state index contributed by atoms with van der Waals surface area (Å²) in [5, 5.41) is 11.5. The minimum atomic E-state index is 0.338. The molecule has 1 N–H and O–H groups in total. The second kappa shape index (κ2) is 8.81. The van der Waals surface area contributed by atoms with Crippen molar-refractivity contribution in [2.24, 2.45) is 0 Å². The van der Waals surface area contributed by atoms with Crippen LogP contribution in [-0.4, -0.2) is 5.11 Å². The Morgan fingerprint density at radius 2 is 0.968 bits per heavy atom. The molecule has 0 unspecified atom stereocenters. The summed E-state index contributed by atoms with van der Waals surface area (Å²) < 4.78 is 0. The molecule has 0 fully saturated rings. The molecule has 0 heterocycles. The van der Waals surface area contributed by atoms with Gasteiger partial charge in [0.15, 0.2) is 0 Å². The second-order valence-corrected chi connectivity index (χ2v) is 8.77. The Labute approximate surface area is 186 Å². The molecule has 0 saturated carbocycles. The number of phenols is 1. The van der Waals surface area contributed by atoms with Gasteiger partial charge >= 0.3 is 0 Å². The summed E-state index contributed by atoms with van der Waals surface area (Å²) in [6.07, 6.45) is 0. The van der Waals surface area contributed by atoms with Crippen LogP contribution in [0.1, 0.15) is 50.7 Å². The minimum Gasteiger partial charge on any atom is -0.507 e. The standard InChI is InChI=1S/C30H30O/c1-20(2)24-14-8-10-16-26(24)23-18-28(22-12-6-5-7-13-22)30(31)29(19-23)27-17-11-9-15-25(27)21(3)4/h5-21,31H,1-4H3. The highest BCUT2D eigenvalue weighted by Crippen LogP contribution is 2.44. The van der Waals surface area contributed by atoms with E-state index >= 15 is 0 Å². The molecule has 0 aromatic heterocycles. The van der Waals surface area contributed by atoms with Crippen LogP contribution >= 0.6 is 0 Å². The van der Waals surface area contributed by atoms with Crippen molar-refractivity contribution in [2.75, 3.05) is 0 Å². The van der Waals surface area contributed by atoms with Crippen molar-refractivity contribution in [1.82, 2.24) is 0 Å². The lowest BCUT2D eigenvalue weighted by Gasteiger charge is -2.19. The van der Waals surface area contributed by atoms with E-state index in [9.17, 15) is 5.11 Å². The lowest BCUT2D eigenvalue weighted by atomic mass is 9.86. The van der Waals surface area contributed by atoms with Crippen LogP contribution in [0.15, 0.2) is 91.0 Å². The zero-order valence-corrected chi connectivity index (χ0v) is 18.8. The molecule has 156 valence electrons. The zero-order valence-electron chi connectivity index (χ0n) is 18.8. The third-order valence-corrected chi connectivity index (χ3v) is 5.96. The first-order valence-electron chi connectivity index (χ1n) is 11.1. The van der Waals surface area contributed by atoms with Crippen LogP contribution in [0.2, 0.25) is 0 Å². The number of hydrogen-bond acceptors (Lipinski definition) is 1. The quantitative estimate of drug-likeness (QED) is 0.351. The summed E-state index contributed by atoms with van der Waals surface area (Å²) in [6.45, 7) is 8.86. The molecular weight excluding hydrogens is 376 g/mol. The van der Waals surface area contributed by atoms with Gasteiger partial charge in [-0.25, -0.2) is 0 Å². The molecule has 0 aliphatic heterocycles. The summed E-state index contributed by atoms with van der Waals surface area (Å²) in [7, 11) is 0. The predicted molar refractivity (Wildman–Crippen MR) is 133 cm³/mol. The van der Waals surface area contributed by atoms with Crippen LogP contribution in [0.5, 0.6) is 5.75 Å². The van der Waals surface area contributed by atoms with Crippen LogP contribution in [-0.2, 0) is 0 Å². The van der Waals surface area contributed by atoms with Gasteiger partial charge in [0.05, 0.1) is 0 Å². The van der Waals surface area contributed by atoms with E-state index in [2.05, 4.69) is 100 Å². The molecule has 1 heteroatoms. The van der Waals surface area contributed by atoms with Crippen molar-refractivity contribution in [2.45, 2.75) is 39.5 Å². The fourth-order valence-corrected chi connectivity index (χ4v) is 4.34. The number of benzene rings is 4. The molecule has 0 radical (unpaired) electrons. The topological polar surface area (TPSA) is 20.2 Å². The summed E-state index contributed by atoms with van der Waals surface area (Å²) in [6, 6.07) is 31.5. The minimum absolute atomic E-state index is 0.338. The van der Waals surface area contributed by atoms with Gasteiger partial charge in [0.1, 0.15) is 5.75 Å². The number of phenolic OH excluding ortho intramolecular Hbond substituents is 1. The molecule has 0 aliphatic carbocycles. The molecule has 1 nitrogen and oxygen atoms in total. The SMILES string of the molecule is CC(C)c1ccccc1-c1cc(-c2ccccc2)c(O)c(-c2ccccc2C(C)C)c1. The summed E-state index contributed by atoms with van der Waals surface area (Å²) in [5.74, 6) is 1.11. The Hall–Kier alpha value is -3.32. The van der Waals surface area contributed by atoms with E-state index in [1.165, 1.54) is 16.7 Å². The normalized spacial score (nSPS) is 11.3. The number of rotatable bonds is 5. The van der Waals surface area contributed by atoms with E-state index in [1.54, 1.807) is 0 Å². The highest BCUT2D eigenvalue weighted by atomic mass is 16.3. The molecule has 0 bridgehead atoms. The molecule has 4 aromatic carbocycles. The van der Waals surface area contributed by atoms with Crippen molar-refractivity contribution in [3.63, 3.8) is 0 Å². The van der Waals surface area contributed by atoms with Crippen molar-refractivity contribution in [1.29, 1.82) is 0 Å². The Balaban J connectivity index is 2.05. The van der Waals surface area contributed by atoms with Gasteiger partial charge in [0, 0.05) is 11.1 Å². The first-order valence-corrected chi connectivity index (χ1v) is 11.1. The molecule has 31 heavy (non-hydrogen) atoms. The van der Waals surface area contributed by atoms with Crippen molar-refractivity contribution in [3.8, 4) is 39.1 Å². The lowest BCUT2D eigenvalue weighted by molar-refractivity contribution is 0.479. The monoisotopic (exact) mass is 406 g/mol. The Kier molecular flexibility index (Phi) is 5.95. The number of aromatic hydroxyl groups is 1. The van der Waals surface area contributed by atoms with E-state index in [0.29, 0.717) is 17.6 Å². The molecule has 0 amide bonds. The van der Waals surface area contributed by atoms with E-state index in [-0.39, 0.29) is 0 Å². The smallest absolute Gasteiger partial charge is 0.131 e. The van der Waals surface area contributed by atoms with Crippen LogP contribution in [0.3, 0.4) is 0 Å². The first-order chi connectivity index (χ1) is 15.0. The third kappa shape index (κ3) is 4.14. The zero-order chi connectivity index (χ0) is 22.0. The van der Waals surface area contributed by atoms with Crippen LogP contribution < -0.4 is 0 Å². The molecule has 0 saturated heterocycles. The Morgan fingerprint density at radius 3 is 1.58 bits per heavy atom. The van der Waals surface area contributed by atoms with Crippen molar-refractivity contribution in [3.05, 3.63) is 102 Å². The van der Waals surface area contributed by atoms with Gasteiger partial charge in [0.2, 0.25) is 0 Å². The van der Waals surface area contributed by atoms with Crippen LogP contribution in [0.4, 0.5) is 0 Å². The van der Waals surface area contributed by atoms with Gasteiger partial charge in [0.25, 0.3) is 0 Å². The highest BCUT2D eigenvalue weighted by molar-refractivity contribution is 5.89. The summed E-state index contributed by atoms with van der Waals surface area (Å²) in [5.41, 5.74) is 8.78. The summed E-state index contributed by atoms with van der Waals surface area (Å²) in [4.78, 5) is 0. The maximum absolute atomic E-state index is 11.5. The highest BCUT2D eigenvalue weighted by Gasteiger charge is 2.19. The fourth-order valence-electron chi connectivity index (χ4n) is 4.34. The van der Waals surface area contributed by atoms with Gasteiger partial charge < -0.3 is 5.11 Å². The first kappa shape index (κ1) is 20.9. The van der Waals surface area contributed by atoms with Gasteiger partial charge in [-0.15, -0.1) is 0 Å². The van der Waals surface area contributed by atoms with E-state index in [1.807, 2.05) is 18.2 Å². The molecule has 0 atom stereocenters. The largest absolute Gasteiger partial charge is 0.507 e. The second-order valence-electron chi connectivity index (χ2n) is 8.77. The molecule has 4 rings (SSSR count). The van der Waals surface area contributed by atoms with Gasteiger partial charge in [-0.2, -0.15) is 0 Å². The van der Waals surface area contributed by atoms with Crippen molar-refractivity contribution < 1.29 is 5.11 Å². The molecule has 0 spiro atoms. The van der Waals surface area contributed by atoms with Gasteiger partial charge in [-0.3, -0.25) is 0 Å². The lowest BCUT2D eigenvalue weighted by Crippen LogP contribution is -1.96. The maximum atomic E-state index is 11.5.